The van der Waals surface area contributed by atoms with Gasteiger partial charge in [-0.2, -0.15) is 5.10 Å². The highest BCUT2D eigenvalue weighted by Gasteiger charge is 2.27. The van der Waals surface area contributed by atoms with Crippen molar-refractivity contribution in [3.8, 4) is 22.8 Å². The van der Waals surface area contributed by atoms with Crippen molar-refractivity contribution >= 4 is 11.6 Å². The molecule has 1 saturated carbocycles. The second-order valence-electron chi connectivity index (χ2n) is 10.9. The van der Waals surface area contributed by atoms with Crippen LogP contribution in [0.15, 0.2) is 64.7 Å². The number of nitrogens with one attached hydrogen (secondary N) is 1. The highest BCUT2D eigenvalue weighted by Crippen LogP contribution is 2.31. The maximum absolute atomic E-state index is 15.0. The number of aromatic nitrogens is 5. The number of carbonyl (C=O) groups is 1. The standard InChI is InChI=1S/C30H33FN6O4/c1-18(2)36-17-24(29(39)37(30(36)40)22-8-5-19(3)6-9-22)28(38)34-21-7-10-27(25(31)13-21)41-23-11-12-32-26(14-23)20-15-33-35(4)16-20/h7,10-19,22H,5-6,8-9H2,1-4H3,(H,34,38)/t19-,22-. The minimum Gasteiger partial charge on any atom is -0.454 e. The lowest BCUT2D eigenvalue weighted by atomic mass is 9.87. The van der Waals surface area contributed by atoms with Crippen molar-refractivity contribution in [1.82, 2.24) is 23.9 Å². The van der Waals surface area contributed by atoms with Crippen LogP contribution in [-0.4, -0.2) is 29.8 Å². The Balaban J connectivity index is 1.37. The van der Waals surface area contributed by atoms with Gasteiger partial charge in [0.05, 0.1) is 11.9 Å². The largest absolute Gasteiger partial charge is 0.454 e. The van der Waals surface area contributed by atoms with Gasteiger partial charge in [-0.25, -0.2) is 9.18 Å². The fourth-order valence-corrected chi connectivity index (χ4v) is 5.11. The molecule has 0 bridgehead atoms. The number of hydrogen-bond acceptors (Lipinski definition) is 6. The van der Waals surface area contributed by atoms with Gasteiger partial charge in [-0.1, -0.05) is 6.92 Å². The Labute approximate surface area is 236 Å². The molecule has 3 heterocycles. The highest BCUT2D eigenvalue weighted by molar-refractivity contribution is 6.03. The Bertz CT molecular complexity index is 1700. The first kappa shape index (κ1) is 28.0. The van der Waals surface area contributed by atoms with Crippen LogP contribution in [0.5, 0.6) is 11.5 Å². The molecule has 5 rings (SSSR count). The Morgan fingerprint density at radius 3 is 2.51 bits per heavy atom. The molecule has 0 spiro atoms. The third-order valence-electron chi connectivity index (χ3n) is 7.45. The molecule has 4 aromatic rings. The van der Waals surface area contributed by atoms with E-state index >= 15 is 4.39 Å². The SMILES string of the molecule is CC(C)n1cc(C(=O)Nc2ccc(Oc3ccnc(-c4cnn(C)c4)c3)c(F)c2)c(=O)n([C@H]2CC[C@H](C)CC2)c1=O. The molecule has 1 N–H and O–H groups in total. The summed E-state index contributed by atoms with van der Waals surface area (Å²) in [5.41, 5.74) is 0.332. The van der Waals surface area contributed by atoms with E-state index in [0.29, 0.717) is 30.2 Å². The summed E-state index contributed by atoms with van der Waals surface area (Å²) in [4.78, 5) is 44.2. The van der Waals surface area contributed by atoms with E-state index < -0.39 is 23.0 Å². The van der Waals surface area contributed by atoms with Crippen LogP contribution in [-0.2, 0) is 7.05 Å². The smallest absolute Gasteiger partial charge is 0.331 e. The summed E-state index contributed by atoms with van der Waals surface area (Å²) in [5.74, 6) is -0.560. The van der Waals surface area contributed by atoms with Crippen LogP contribution < -0.4 is 21.3 Å². The molecule has 0 unspecified atom stereocenters. The van der Waals surface area contributed by atoms with E-state index in [1.165, 1.54) is 27.5 Å². The zero-order chi connectivity index (χ0) is 29.3. The molecule has 1 aliphatic rings. The van der Waals surface area contributed by atoms with Crippen molar-refractivity contribution in [1.29, 1.82) is 0 Å². The van der Waals surface area contributed by atoms with Gasteiger partial charge in [0.2, 0.25) is 0 Å². The second kappa shape index (κ2) is 11.5. The van der Waals surface area contributed by atoms with Crippen LogP contribution in [0.1, 0.15) is 68.9 Å². The zero-order valence-corrected chi connectivity index (χ0v) is 23.5. The van der Waals surface area contributed by atoms with E-state index in [2.05, 4.69) is 22.3 Å². The van der Waals surface area contributed by atoms with Gasteiger partial charge in [-0.15, -0.1) is 0 Å². The number of aryl methyl sites for hydroxylation is 1. The van der Waals surface area contributed by atoms with Crippen LogP contribution in [0, 0.1) is 11.7 Å². The minimum absolute atomic E-state index is 0.0476. The molecule has 0 aliphatic heterocycles. The molecule has 214 valence electrons. The second-order valence-corrected chi connectivity index (χ2v) is 10.9. The van der Waals surface area contributed by atoms with Gasteiger partial charge in [0.1, 0.15) is 11.3 Å². The average Bonchev–Trinajstić information content (AvgIpc) is 3.37. The molecular formula is C30H33FN6O4. The topological polar surface area (TPSA) is 113 Å². The van der Waals surface area contributed by atoms with Crippen molar-refractivity contribution in [2.45, 2.75) is 58.5 Å². The number of halogens is 1. The molecule has 3 aromatic heterocycles. The lowest BCUT2D eigenvalue weighted by Gasteiger charge is -2.28. The Hall–Kier alpha value is -4.54. The Morgan fingerprint density at radius 2 is 1.85 bits per heavy atom. The van der Waals surface area contributed by atoms with Gasteiger partial charge in [-0.05, 0) is 63.6 Å². The predicted molar refractivity (Wildman–Crippen MR) is 153 cm³/mol. The molecule has 1 fully saturated rings. The first-order chi connectivity index (χ1) is 19.6. The number of pyridine rings is 1. The summed E-state index contributed by atoms with van der Waals surface area (Å²) in [6, 6.07) is 6.76. The summed E-state index contributed by atoms with van der Waals surface area (Å²) in [6.45, 7) is 5.79. The summed E-state index contributed by atoms with van der Waals surface area (Å²) < 4.78 is 25.1. The van der Waals surface area contributed by atoms with Crippen molar-refractivity contribution in [2.24, 2.45) is 13.0 Å². The van der Waals surface area contributed by atoms with E-state index in [-0.39, 0.29) is 29.1 Å². The molecule has 0 radical (unpaired) electrons. The molecule has 1 aromatic carbocycles. The number of benzene rings is 1. The van der Waals surface area contributed by atoms with E-state index in [4.69, 9.17) is 4.74 Å². The van der Waals surface area contributed by atoms with Crippen LogP contribution in [0.3, 0.4) is 0 Å². The normalized spacial score (nSPS) is 17.0. The van der Waals surface area contributed by atoms with E-state index in [1.807, 2.05) is 20.0 Å². The Morgan fingerprint density at radius 1 is 1.10 bits per heavy atom. The molecule has 1 aliphatic carbocycles. The highest BCUT2D eigenvalue weighted by atomic mass is 19.1. The number of nitrogens with zero attached hydrogens (tertiary/aromatic N) is 5. The maximum Gasteiger partial charge on any atom is 0.331 e. The van der Waals surface area contributed by atoms with Crippen molar-refractivity contribution in [3.05, 3.63) is 87.3 Å². The molecular weight excluding hydrogens is 527 g/mol. The summed E-state index contributed by atoms with van der Waals surface area (Å²) in [6.07, 6.45) is 9.55. The van der Waals surface area contributed by atoms with Crippen molar-refractivity contribution in [2.75, 3.05) is 5.32 Å². The maximum atomic E-state index is 15.0. The third-order valence-corrected chi connectivity index (χ3v) is 7.45. The van der Waals surface area contributed by atoms with Gasteiger partial charge in [0.15, 0.2) is 11.6 Å². The number of rotatable bonds is 7. The van der Waals surface area contributed by atoms with Crippen LogP contribution >= 0.6 is 0 Å². The van der Waals surface area contributed by atoms with Gasteiger partial charge >= 0.3 is 5.69 Å². The van der Waals surface area contributed by atoms with Gasteiger partial charge in [0, 0.05) is 61.1 Å². The van der Waals surface area contributed by atoms with E-state index in [0.717, 1.165) is 24.5 Å². The predicted octanol–water partition coefficient (Wildman–Crippen LogP) is 5.32. The van der Waals surface area contributed by atoms with Gasteiger partial charge in [0.25, 0.3) is 11.5 Å². The van der Waals surface area contributed by atoms with Crippen LogP contribution in [0.25, 0.3) is 11.3 Å². The molecule has 1 amide bonds. The average molecular weight is 561 g/mol. The summed E-state index contributed by atoms with van der Waals surface area (Å²) in [7, 11) is 1.80. The fourth-order valence-electron chi connectivity index (χ4n) is 5.11. The third kappa shape index (κ3) is 5.98. The summed E-state index contributed by atoms with van der Waals surface area (Å²) >= 11 is 0. The van der Waals surface area contributed by atoms with Gasteiger partial charge in [-0.3, -0.25) is 28.4 Å². The van der Waals surface area contributed by atoms with Crippen molar-refractivity contribution < 1.29 is 13.9 Å². The number of ether oxygens (including phenoxy) is 1. The summed E-state index contributed by atoms with van der Waals surface area (Å²) in [5, 5.41) is 6.74. The quantitative estimate of drug-likeness (QED) is 0.327. The molecule has 0 atom stereocenters. The number of amides is 1. The van der Waals surface area contributed by atoms with Gasteiger partial charge < -0.3 is 10.1 Å². The first-order valence-electron chi connectivity index (χ1n) is 13.7. The Kier molecular flexibility index (Phi) is 7.87. The van der Waals surface area contributed by atoms with Crippen LogP contribution in [0.4, 0.5) is 10.1 Å². The number of hydrogen-bond donors (Lipinski definition) is 1. The molecule has 41 heavy (non-hydrogen) atoms. The fraction of sp³-hybridized carbons (Fsp3) is 0.367. The lowest BCUT2D eigenvalue weighted by molar-refractivity contribution is 0.102. The molecule has 0 saturated heterocycles. The monoisotopic (exact) mass is 560 g/mol. The molecule has 10 nitrogen and oxygen atoms in total. The number of carbonyl (C=O) groups excluding carboxylic acids is 1. The zero-order valence-electron chi connectivity index (χ0n) is 23.5. The number of anilines is 1. The van der Waals surface area contributed by atoms with E-state index in [9.17, 15) is 14.4 Å². The lowest BCUT2D eigenvalue weighted by Crippen LogP contribution is -2.46. The first-order valence-corrected chi connectivity index (χ1v) is 13.7. The van der Waals surface area contributed by atoms with Crippen molar-refractivity contribution in [3.63, 3.8) is 0 Å². The minimum atomic E-state index is -0.717. The van der Waals surface area contributed by atoms with E-state index in [1.54, 1.807) is 36.3 Å². The van der Waals surface area contributed by atoms with Crippen LogP contribution in [0.2, 0.25) is 0 Å². The molecule has 11 heteroatoms.